The Balaban J connectivity index is 3.27. The molecule has 1 N–H and O–H groups in total. The normalized spacial score (nSPS) is 12.8. The summed E-state index contributed by atoms with van der Waals surface area (Å²) in [5.74, 6) is 1.56. The van der Waals surface area contributed by atoms with E-state index in [0.29, 0.717) is 0 Å². The van der Waals surface area contributed by atoms with Gasteiger partial charge in [0, 0.05) is 5.56 Å². The Bertz CT molecular complexity index is 519. The Labute approximate surface area is 137 Å². The van der Waals surface area contributed by atoms with Crippen LogP contribution in [-0.4, -0.2) is 27.1 Å². The fourth-order valence-electron chi connectivity index (χ4n) is 1.53. The van der Waals surface area contributed by atoms with Crippen LogP contribution < -0.4 is 9.16 Å². The first-order valence-electron chi connectivity index (χ1n) is 6.96. The molecule has 21 heavy (non-hydrogen) atoms. The summed E-state index contributed by atoms with van der Waals surface area (Å²) >= 11 is 3.50. The zero-order valence-electron chi connectivity index (χ0n) is 13.7. The van der Waals surface area contributed by atoms with Crippen LogP contribution in [0.25, 0.3) is 6.08 Å². The van der Waals surface area contributed by atoms with E-state index in [2.05, 4.69) is 49.8 Å². The van der Waals surface area contributed by atoms with E-state index >= 15 is 0 Å². The third-order valence-corrected chi connectivity index (χ3v) is 8.82. The topological polar surface area (TPSA) is 38.7 Å². The quantitative estimate of drug-likeness (QED) is 0.750. The predicted molar refractivity (Wildman–Crippen MR) is 94.6 cm³/mol. The van der Waals surface area contributed by atoms with Crippen LogP contribution in [0.15, 0.2) is 22.7 Å². The van der Waals surface area contributed by atoms with E-state index in [-0.39, 0.29) is 11.6 Å². The second kappa shape index (κ2) is 6.98. The van der Waals surface area contributed by atoms with Gasteiger partial charge >= 0.3 is 0 Å². The van der Waals surface area contributed by atoms with E-state index in [4.69, 9.17) is 14.3 Å². The molecule has 1 aromatic rings. The molecule has 1 aromatic carbocycles. The highest BCUT2D eigenvalue weighted by atomic mass is 79.9. The van der Waals surface area contributed by atoms with Gasteiger partial charge < -0.3 is 14.3 Å². The Hall–Kier alpha value is -0.783. The largest absolute Gasteiger partial charge is 0.543 e. The molecule has 0 bridgehead atoms. The molecule has 0 fully saturated rings. The zero-order chi connectivity index (χ0) is 16.3. The average molecular weight is 373 g/mol. The number of hydrogen-bond acceptors (Lipinski definition) is 3. The molecule has 0 unspecified atom stereocenters. The van der Waals surface area contributed by atoms with Crippen molar-refractivity contribution in [1.29, 1.82) is 0 Å². The molecular formula is C16H25BrO3Si. The first-order chi connectivity index (χ1) is 9.62. The number of rotatable bonds is 5. The lowest BCUT2D eigenvalue weighted by Gasteiger charge is -2.37. The minimum Gasteiger partial charge on any atom is -0.543 e. The van der Waals surface area contributed by atoms with Crippen LogP contribution in [0.5, 0.6) is 11.5 Å². The van der Waals surface area contributed by atoms with Gasteiger partial charge in [-0.3, -0.25) is 0 Å². The van der Waals surface area contributed by atoms with Crippen LogP contribution in [-0.2, 0) is 0 Å². The molecule has 0 saturated heterocycles. The van der Waals surface area contributed by atoms with E-state index in [9.17, 15) is 0 Å². The van der Waals surface area contributed by atoms with Gasteiger partial charge in [0.2, 0.25) is 0 Å². The summed E-state index contributed by atoms with van der Waals surface area (Å²) in [6.45, 7) is 11.1. The Morgan fingerprint density at radius 1 is 1.24 bits per heavy atom. The van der Waals surface area contributed by atoms with Crippen LogP contribution in [0.4, 0.5) is 0 Å². The van der Waals surface area contributed by atoms with E-state index in [0.717, 1.165) is 21.5 Å². The maximum absolute atomic E-state index is 9.00. The molecule has 0 atom stereocenters. The van der Waals surface area contributed by atoms with Crippen molar-refractivity contribution in [3.05, 3.63) is 28.2 Å². The van der Waals surface area contributed by atoms with Crippen LogP contribution in [0.1, 0.15) is 26.3 Å². The number of aliphatic hydroxyl groups excluding tert-OH is 1. The van der Waals surface area contributed by atoms with Gasteiger partial charge in [0.05, 0.1) is 18.2 Å². The maximum atomic E-state index is 9.00. The zero-order valence-corrected chi connectivity index (χ0v) is 16.2. The summed E-state index contributed by atoms with van der Waals surface area (Å²) in [5.41, 5.74) is 0.911. The number of aliphatic hydroxyl groups is 1. The van der Waals surface area contributed by atoms with Crippen LogP contribution >= 0.6 is 15.9 Å². The van der Waals surface area contributed by atoms with Gasteiger partial charge in [0.25, 0.3) is 8.32 Å². The minimum absolute atomic E-state index is 0.00207. The van der Waals surface area contributed by atoms with Crippen molar-refractivity contribution in [1.82, 2.24) is 0 Å². The predicted octanol–water partition coefficient (Wildman–Crippen LogP) is 4.85. The molecule has 3 nitrogen and oxygen atoms in total. The summed E-state index contributed by atoms with van der Waals surface area (Å²) < 4.78 is 12.6. The Kier molecular flexibility index (Phi) is 6.08. The van der Waals surface area contributed by atoms with E-state index in [1.165, 1.54) is 0 Å². The smallest absolute Gasteiger partial charge is 0.250 e. The first-order valence-corrected chi connectivity index (χ1v) is 10.7. The fourth-order valence-corrected chi connectivity index (χ4v) is 3.05. The first kappa shape index (κ1) is 18.3. The third-order valence-electron chi connectivity index (χ3n) is 3.86. The molecular weight excluding hydrogens is 348 g/mol. The van der Waals surface area contributed by atoms with Gasteiger partial charge in [0.1, 0.15) is 11.5 Å². The van der Waals surface area contributed by atoms with Crippen molar-refractivity contribution in [2.75, 3.05) is 13.7 Å². The number of hydrogen-bond donors (Lipinski definition) is 1. The third kappa shape index (κ3) is 4.59. The summed E-state index contributed by atoms with van der Waals surface area (Å²) in [7, 11) is -0.292. The maximum Gasteiger partial charge on any atom is 0.250 e. The molecule has 5 heteroatoms. The molecule has 0 aromatic heterocycles. The molecule has 0 saturated carbocycles. The SMILES string of the molecule is COc1cc(/C=C/CO)c(O[Si](C)(C)C(C)(C)C)cc1Br. The summed E-state index contributed by atoms with van der Waals surface area (Å²) in [6.07, 6.45) is 3.55. The van der Waals surface area contributed by atoms with Crippen molar-refractivity contribution in [3.63, 3.8) is 0 Å². The number of benzene rings is 1. The highest BCUT2D eigenvalue weighted by Gasteiger charge is 2.39. The molecule has 0 spiro atoms. The van der Waals surface area contributed by atoms with E-state index in [1.54, 1.807) is 13.2 Å². The van der Waals surface area contributed by atoms with Gasteiger partial charge in [0.15, 0.2) is 0 Å². The summed E-state index contributed by atoms with van der Waals surface area (Å²) in [4.78, 5) is 0. The molecule has 0 heterocycles. The van der Waals surface area contributed by atoms with Crippen molar-refractivity contribution < 1.29 is 14.3 Å². The average Bonchev–Trinajstić information content (AvgIpc) is 2.36. The monoisotopic (exact) mass is 372 g/mol. The fraction of sp³-hybridized carbons (Fsp3) is 0.500. The summed E-state index contributed by atoms with van der Waals surface area (Å²) in [6, 6.07) is 3.86. The molecule has 1 rings (SSSR count). The molecule has 0 amide bonds. The van der Waals surface area contributed by atoms with E-state index < -0.39 is 8.32 Å². The van der Waals surface area contributed by atoms with Crippen LogP contribution in [0.2, 0.25) is 18.1 Å². The highest BCUT2D eigenvalue weighted by Crippen LogP contribution is 2.40. The minimum atomic E-state index is -1.92. The Morgan fingerprint density at radius 2 is 1.86 bits per heavy atom. The Morgan fingerprint density at radius 3 is 2.33 bits per heavy atom. The standard InChI is InChI=1S/C16H25BrO3Si/c1-16(2,3)21(5,6)20-14-11-13(17)15(19-4)10-12(14)8-7-9-18/h7-8,10-11,18H,9H2,1-6H3/b8-7+. The second-order valence-corrected chi connectivity index (χ2v) is 12.1. The van der Waals surface area contributed by atoms with Crippen molar-refractivity contribution in [3.8, 4) is 11.5 Å². The van der Waals surface area contributed by atoms with Gasteiger partial charge in [-0.1, -0.05) is 32.9 Å². The lowest BCUT2D eigenvalue weighted by molar-refractivity contribution is 0.343. The van der Waals surface area contributed by atoms with E-state index in [1.807, 2.05) is 18.2 Å². The van der Waals surface area contributed by atoms with Gasteiger partial charge in [-0.15, -0.1) is 0 Å². The van der Waals surface area contributed by atoms with Crippen LogP contribution in [0, 0.1) is 0 Å². The van der Waals surface area contributed by atoms with Crippen molar-refractivity contribution >= 4 is 30.3 Å². The molecule has 0 aliphatic carbocycles. The second-order valence-electron chi connectivity index (χ2n) is 6.47. The summed E-state index contributed by atoms with van der Waals surface area (Å²) in [5, 5.41) is 9.12. The molecule has 0 aliphatic rings. The molecule has 0 aliphatic heterocycles. The van der Waals surface area contributed by atoms with Gasteiger partial charge in [-0.05, 0) is 46.2 Å². The lowest BCUT2D eigenvalue weighted by atomic mass is 10.2. The molecule has 118 valence electrons. The van der Waals surface area contributed by atoms with Crippen molar-refractivity contribution in [2.45, 2.75) is 38.9 Å². The molecule has 0 radical (unpaired) electrons. The highest BCUT2D eigenvalue weighted by molar-refractivity contribution is 9.10. The van der Waals surface area contributed by atoms with Gasteiger partial charge in [-0.2, -0.15) is 0 Å². The lowest BCUT2D eigenvalue weighted by Crippen LogP contribution is -2.44. The van der Waals surface area contributed by atoms with Crippen molar-refractivity contribution in [2.24, 2.45) is 0 Å². The van der Waals surface area contributed by atoms with Gasteiger partial charge in [-0.25, -0.2) is 0 Å². The number of halogens is 1. The van der Waals surface area contributed by atoms with Crippen LogP contribution in [0.3, 0.4) is 0 Å². The number of ether oxygens (including phenoxy) is 1. The number of methoxy groups -OCH3 is 1.